The van der Waals surface area contributed by atoms with Crippen LogP contribution in [-0.4, -0.2) is 44.3 Å². The summed E-state index contributed by atoms with van der Waals surface area (Å²) in [4.78, 5) is 2.13. The molecule has 1 aliphatic rings. The number of nitrogens with zero attached hydrogens (tertiary/aromatic N) is 2. The van der Waals surface area contributed by atoms with Crippen molar-refractivity contribution in [1.29, 1.82) is 0 Å². The second-order valence-electron chi connectivity index (χ2n) is 5.32. The van der Waals surface area contributed by atoms with E-state index in [4.69, 9.17) is 0 Å². The van der Waals surface area contributed by atoms with Gasteiger partial charge in [0.1, 0.15) is 0 Å². The van der Waals surface area contributed by atoms with Crippen LogP contribution in [0.4, 0.5) is 18.9 Å². The van der Waals surface area contributed by atoms with Crippen molar-refractivity contribution in [2.45, 2.75) is 6.18 Å². The van der Waals surface area contributed by atoms with Gasteiger partial charge in [-0.05, 0) is 24.3 Å². The molecule has 1 radical (unpaired) electrons. The smallest absolute Gasteiger partial charge is 0.360 e. The molecule has 5 heteroatoms. The lowest BCUT2D eigenvalue weighted by atomic mass is 10.1. The molecule has 2 rings (SSSR count). The number of rotatable bonds is 2. The van der Waals surface area contributed by atoms with Crippen LogP contribution in [0, 0.1) is 6.92 Å². The van der Waals surface area contributed by atoms with Gasteiger partial charge in [-0.15, -0.1) is 0 Å². The van der Waals surface area contributed by atoms with E-state index in [1.807, 2.05) is 0 Å². The third kappa shape index (κ3) is 3.21. The number of hydrogen-bond acceptors (Lipinski definition) is 1. The van der Waals surface area contributed by atoms with Gasteiger partial charge in [0, 0.05) is 12.6 Å². The van der Waals surface area contributed by atoms with E-state index < -0.39 is 11.7 Å². The van der Waals surface area contributed by atoms with E-state index in [1.165, 1.54) is 0 Å². The Kier molecular flexibility index (Phi) is 3.76. The molecular formula is C14H19F3N2+. The van der Waals surface area contributed by atoms with Gasteiger partial charge >= 0.3 is 6.18 Å². The van der Waals surface area contributed by atoms with Crippen molar-refractivity contribution >= 4 is 5.69 Å². The summed E-state index contributed by atoms with van der Waals surface area (Å²) in [6.45, 7) is 8.46. The van der Waals surface area contributed by atoms with E-state index in [2.05, 4.69) is 18.9 Å². The summed E-state index contributed by atoms with van der Waals surface area (Å²) >= 11 is 0. The Morgan fingerprint density at radius 2 is 1.68 bits per heavy atom. The van der Waals surface area contributed by atoms with Crippen molar-refractivity contribution in [3.63, 3.8) is 0 Å². The van der Waals surface area contributed by atoms with Crippen molar-refractivity contribution in [3.8, 4) is 0 Å². The second kappa shape index (κ2) is 5.04. The maximum absolute atomic E-state index is 12.5. The van der Waals surface area contributed by atoms with Crippen LogP contribution in [-0.2, 0) is 6.18 Å². The zero-order chi connectivity index (χ0) is 14.1. The van der Waals surface area contributed by atoms with E-state index in [-0.39, 0.29) is 0 Å². The summed E-state index contributed by atoms with van der Waals surface area (Å²) in [7, 11) is 2.16. The summed E-state index contributed by atoms with van der Waals surface area (Å²) in [5.74, 6) is 0. The van der Waals surface area contributed by atoms with Crippen molar-refractivity contribution in [2.24, 2.45) is 0 Å². The Balaban J connectivity index is 2.04. The van der Waals surface area contributed by atoms with Gasteiger partial charge in [-0.2, -0.15) is 13.2 Å². The fourth-order valence-corrected chi connectivity index (χ4v) is 2.29. The highest BCUT2D eigenvalue weighted by atomic mass is 19.4. The molecule has 0 spiro atoms. The molecule has 2 nitrogen and oxygen atoms in total. The lowest BCUT2D eigenvalue weighted by Crippen LogP contribution is -2.57. The fourth-order valence-electron chi connectivity index (χ4n) is 2.29. The molecule has 1 aromatic rings. The summed E-state index contributed by atoms with van der Waals surface area (Å²) in [6, 6.07) is 5.42. The van der Waals surface area contributed by atoms with Gasteiger partial charge in [0.25, 0.3) is 0 Å². The molecule has 0 amide bonds. The zero-order valence-electron chi connectivity index (χ0n) is 11.1. The maximum atomic E-state index is 12.5. The largest absolute Gasteiger partial charge is 0.416 e. The molecule has 1 heterocycles. The van der Waals surface area contributed by atoms with Crippen molar-refractivity contribution in [3.05, 3.63) is 36.8 Å². The topological polar surface area (TPSA) is 3.24 Å². The number of likely N-dealkylation sites (N-methyl/N-ethyl adjacent to an activating group) is 1. The molecular weight excluding hydrogens is 253 g/mol. The fraction of sp³-hybridized carbons (Fsp3) is 0.500. The first-order valence-electron chi connectivity index (χ1n) is 6.39. The Hall–Kier alpha value is -1.23. The van der Waals surface area contributed by atoms with E-state index in [1.54, 1.807) is 12.1 Å². The number of hydrogen-bond donors (Lipinski definition) is 0. The molecule has 0 aromatic heterocycles. The van der Waals surface area contributed by atoms with Crippen LogP contribution in [0.1, 0.15) is 5.56 Å². The summed E-state index contributed by atoms with van der Waals surface area (Å²) in [5, 5.41) is 0. The van der Waals surface area contributed by atoms with Crippen molar-refractivity contribution in [2.75, 3.05) is 44.7 Å². The average Bonchev–Trinajstić information content (AvgIpc) is 2.39. The molecule has 0 aliphatic carbocycles. The normalized spacial score (nSPS) is 19.5. The second-order valence-corrected chi connectivity index (χ2v) is 5.32. The Morgan fingerprint density at radius 1 is 1.16 bits per heavy atom. The number of anilines is 1. The predicted molar refractivity (Wildman–Crippen MR) is 69.8 cm³/mol. The molecule has 1 aliphatic heterocycles. The van der Waals surface area contributed by atoms with Crippen LogP contribution < -0.4 is 4.90 Å². The van der Waals surface area contributed by atoms with E-state index >= 15 is 0 Å². The summed E-state index contributed by atoms with van der Waals surface area (Å²) in [6.07, 6.45) is -4.26. The van der Waals surface area contributed by atoms with Gasteiger partial charge in [-0.3, -0.25) is 0 Å². The monoisotopic (exact) mass is 272 g/mol. The highest BCUT2D eigenvalue weighted by Gasteiger charge is 2.31. The van der Waals surface area contributed by atoms with E-state index in [0.717, 1.165) is 55.0 Å². The Bertz CT molecular complexity index is 417. The van der Waals surface area contributed by atoms with Gasteiger partial charge in [0.15, 0.2) is 0 Å². The first-order chi connectivity index (χ1) is 8.84. The van der Waals surface area contributed by atoms with Crippen LogP contribution in [0.5, 0.6) is 0 Å². The molecule has 0 N–H and O–H groups in total. The molecule has 1 fully saturated rings. The lowest BCUT2D eigenvalue weighted by Gasteiger charge is -2.42. The van der Waals surface area contributed by atoms with Gasteiger partial charge in [-0.1, -0.05) is 0 Å². The minimum atomic E-state index is -4.26. The average molecular weight is 272 g/mol. The molecule has 1 aromatic carbocycles. The Labute approximate surface area is 112 Å². The lowest BCUT2D eigenvalue weighted by molar-refractivity contribution is -0.905. The number of piperazine rings is 1. The third-order valence-corrected chi connectivity index (χ3v) is 3.92. The van der Waals surface area contributed by atoms with Gasteiger partial charge in [-0.25, -0.2) is 0 Å². The van der Waals surface area contributed by atoms with E-state index in [0.29, 0.717) is 0 Å². The minimum absolute atomic E-state index is 0.591. The number of halogens is 3. The molecule has 105 valence electrons. The molecule has 0 atom stereocenters. The summed E-state index contributed by atoms with van der Waals surface area (Å²) < 4.78 is 38.4. The first kappa shape index (κ1) is 14.2. The minimum Gasteiger partial charge on any atom is -0.360 e. The van der Waals surface area contributed by atoms with Crippen LogP contribution in [0.2, 0.25) is 0 Å². The predicted octanol–water partition coefficient (Wildman–Crippen LogP) is 2.81. The van der Waals surface area contributed by atoms with Gasteiger partial charge < -0.3 is 9.38 Å². The SMILES string of the molecule is [CH2]C[N+]1(C)CCN(c2ccc(C(F)(F)F)cc2)CC1. The van der Waals surface area contributed by atoms with Crippen molar-refractivity contribution in [1.82, 2.24) is 0 Å². The highest BCUT2D eigenvalue weighted by molar-refractivity contribution is 5.48. The van der Waals surface area contributed by atoms with Gasteiger partial charge in [0.2, 0.25) is 0 Å². The van der Waals surface area contributed by atoms with Crippen LogP contribution >= 0.6 is 0 Å². The number of quaternary nitrogens is 1. The molecule has 0 bridgehead atoms. The standard InChI is InChI=1S/C14H19F3N2/c1-3-19(2)10-8-18(9-11-19)13-6-4-12(5-7-13)14(15,16)17/h4-7H,1,3,8-11H2,2H3/q+1. The third-order valence-electron chi connectivity index (χ3n) is 3.92. The van der Waals surface area contributed by atoms with Crippen molar-refractivity contribution < 1.29 is 17.7 Å². The molecule has 1 saturated heterocycles. The number of alkyl halides is 3. The maximum Gasteiger partial charge on any atom is 0.416 e. The summed E-state index contributed by atoms with van der Waals surface area (Å²) in [5.41, 5.74) is 0.273. The van der Waals surface area contributed by atoms with Crippen LogP contribution in [0.15, 0.2) is 24.3 Å². The Morgan fingerprint density at radius 3 is 2.11 bits per heavy atom. The zero-order valence-corrected chi connectivity index (χ0v) is 11.1. The van der Waals surface area contributed by atoms with Crippen LogP contribution in [0.25, 0.3) is 0 Å². The first-order valence-corrected chi connectivity index (χ1v) is 6.39. The molecule has 0 unspecified atom stereocenters. The van der Waals surface area contributed by atoms with E-state index in [9.17, 15) is 13.2 Å². The molecule has 19 heavy (non-hydrogen) atoms. The molecule has 0 saturated carbocycles. The quantitative estimate of drug-likeness (QED) is 0.748. The van der Waals surface area contributed by atoms with Gasteiger partial charge in [0.05, 0.1) is 45.3 Å². The number of benzene rings is 1. The highest BCUT2D eigenvalue weighted by Crippen LogP contribution is 2.30. The van der Waals surface area contributed by atoms with Crippen LogP contribution in [0.3, 0.4) is 0 Å².